The molecule has 1 atom stereocenters. The summed E-state index contributed by atoms with van der Waals surface area (Å²) in [4.78, 5) is 32.0. The van der Waals surface area contributed by atoms with E-state index in [2.05, 4.69) is 39.4 Å². The molecule has 192 valence electrons. The molecule has 0 bridgehead atoms. The van der Waals surface area contributed by atoms with E-state index in [4.69, 9.17) is 4.74 Å². The SMILES string of the molecule is CCOc1cccc(C2C(=C(O)c3ccncc3)C(=O)C(=O)N2c2nnc(SCc3ccc(C)cc3)s2)c1. The van der Waals surface area contributed by atoms with Gasteiger partial charge in [0.1, 0.15) is 11.5 Å². The predicted octanol–water partition coefficient (Wildman–Crippen LogP) is 5.56. The highest BCUT2D eigenvalue weighted by atomic mass is 32.2. The number of rotatable bonds is 8. The van der Waals surface area contributed by atoms with Crippen LogP contribution in [0.15, 0.2) is 83.0 Å². The van der Waals surface area contributed by atoms with Crippen LogP contribution in [0.25, 0.3) is 5.76 Å². The average molecular weight is 545 g/mol. The predicted molar refractivity (Wildman–Crippen MR) is 147 cm³/mol. The van der Waals surface area contributed by atoms with Gasteiger partial charge in [-0.3, -0.25) is 19.5 Å². The molecule has 0 radical (unpaired) electrons. The van der Waals surface area contributed by atoms with Gasteiger partial charge in [-0.1, -0.05) is 65.1 Å². The second kappa shape index (κ2) is 11.2. The van der Waals surface area contributed by atoms with E-state index < -0.39 is 17.7 Å². The fourth-order valence-electron chi connectivity index (χ4n) is 4.14. The number of hydrogen-bond donors (Lipinski definition) is 1. The molecule has 5 rings (SSSR count). The maximum atomic E-state index is 13.4. The van der Waals surface area contributed by atoms with Gasteiger partial charge in [-0.2, -0.15) is 0 Å². The number of thioether (sulfide) groups is 1. The Hall–Kier alpha value is -4.02. The molecule has 38 heavy (non-hydrogen) atoms. The topological polar surface area (TPSA) is 106 Å². The number of carbonyl (C=O) groups is 2. The van der Waals surface area contributed by atoms with E-state index in [0.717, 1.165) is 5.56 Å². The van der Waals surface area contributed by atoms with E-state index in [9.17, 15) is 14.7 Å². The van der Waals surface area contributed by atoms with Crippen molar-refractivity contribution in [2.45, 2.75) is 30.0 Å². The maximum absolute atomic E-state index is 13.4. The van der Waals surface area contributed by atoms with Crippen molar-refractivity contribution in [3.8, 4) is 5.75 Å². The van der Waals surface area contributed by atoms with Gasteiger partial charge in [0.15, 0.2) is 4.34 Å². The van der Waals surface area contributed by atoms with E-state index in [1.165, 1.54) is 46.0 Å². The van der Waals surface area contributed by atoms with Gasteiger partial charge >= 0.3 is 5.91 Å². The number of aliphatic hydroxyl groups excluding tert-OH is 1. The standard InChI is InChI=1S/C28H24N4O4S2/c1-3-36-21-6-4-5-20(15-21)23-22(24(33)19-11-13-29-14-12-19)25(34)26(35)32(23)27-30-31-28(38-27)37-16-18-9-7-17(2)8-10-18/h4-15,23,33H,3,16H2,1-2H3. The number of hydrogen-bond acceptors (Lipinski definition) is 9. The zero-order chi connectivity index (χ0) is 26.6. The Labute approximate surface area is 228 Å². The van der Waals surface area contributed by atoms with E-state index in [-0.39, 0.29) is 16.5 Å². The number of nitrogens with zero attached hydrogens (tertiary/aromatic N) is 4. The van der Waals surface area contributed by atoms with E-state index >= 15 is 0 Å². The van der Waals surface area contributed by atoms with Crippen LogP contribution in [0, 0.1) is 6.92 Å². The van der Waals surface area contributed by atoms with Crippen LogP contribution in [-0.4, -0.2) is 38.6 Å². The molecule has 1 fully saturated rings. The lowest BCUT2D eigenvalue weighted by Crippen LogP contribution is -2.29. The second-order valence-electron chi connectivity index (χ2n) is 8.54. The number of anilines is 1. The number of aromatic nitrogens is 3. The van der Waals surface area contributed by atoms with Crippen molar-refractivity contribution in [3.63, 3.8) is 0 Å². The molecule has 0 aliphatic carbocycles. The van der Waals surface area contributed by atoms with Gasteiger partial charge in [-0.05, 0) is 49.2 Å². The molecule has 1 saturated heterocycles. The lowest BCUT2D eigenvalue weighted by Gasteiger charge is -2.23. The molecule has 1 unspecified atom stereocenters. The van der Waals surface area contributed by atoms with Gasteiger partial charge in [-0.25, -0.2) is 0 Å². The van der Waals surface area contributed by atoms with Crippen molar-refractivity contribution in [2.75, 3.05) is 11.5 Å². The van der Waals surface area contributed by atoms with Crippen LogP contribution in [0.2, 0.25) is 0 Å². The van der Waals surface area contributed by atoms with Crippen molar-refractivity contribution in [3.05, 3.63) is 101 Å². The van der Waals surface area contributed by atoms with Crippen molar-refractivity contribution in [1.82, 2.24) is 15.2 Å². The molecule has 10 heteroatoms. The fourth-order valence-corrected chi connectivity index (χ4v) is 5.96. The van der Waals surface area contributed by atoms with Crippen LogP contribution in [-0.2, 0) is 15.3 Å². The lowest BCUT2D eigenvalue weighted by atomic mass is 9.95. The minimum atomic E-state index is -0.911. The van der Waals surface area contributed by atoms with Gasteiger partial charge in [0.2, 0.25) is 5.13 Å². The summed E-state index contributed by atoms with van der Waals surface area (Å²) in [6.45, 7) is 4.37. The first kappa shape index (κ1) is 25.6. The van der Waals surface area contributed by atoms with Gasteiger partial charge in [0.25, 0.3) is 5.78 Å². The first-order valence-corrected chi connectivity index (χ1v) is 13.7. The normalized spacial score (nSPS) is 16.7. The van der Waals surface area contributed by atoms with E-state index in [0.29, 0.717) is 33.6 Å². The van der Waals surface area contributed by atoms with Crippen molar-refractivity contribution < 1.29 is 19.4 Å². The molecule has 1 aliphatic heterocycles. The molecule has 2 aromatic carbocycles. The summed E-state index contributed by atoms with van der Waals surface area (Å²) in [6.07, 6.45) is 3.02. The van der Waals surface area contributed by atoms with Crippen LogP contribution in [0.3, 0.4) is 0 Å². The Morgan fingerprint density at radius 3 is 2.58 bits per heavy atom. The second-order valence-corrected chi connectivity index (χ2v) is 10.7. The molecule has 0 spiro atoms. The van der Waals surface area contributed by atoms with Crippen LogP contribution >= 0.6 is 23.1 Å². The summed E-state index contributed by atoms with van der Waals surface area (Å²) in [5.74, 6) is -0.575. The third kappa shape index (κ3) is 5.18. The monoisotopic (exact) mass is 544 g/mol. The number of aliphatic hydroxyl groups is 1. The molecule has 2 aromatic heterocycles. The molecule has 0 saturated carbocycles. The quantitative estimate of drug-likeness (QED) is 0.101. The molecule has 1 aliphatic rings. The highest BCUT2D eigenvalue weighted by molar-refractivity contribution is 8.00. The Morgan fingerprint density at radius 2 is 1.84 bits per heavy atom. The first-order chi connectivity index (χ1) is 18.5. The minimum Gasteiger partial charge on any atom is -0.507 e. The summed E-state index contributed by atoms with van der Waals surface area (Å²) in [6, 6.07) is 17.6. The molecule has 3 heterocycles. The van der Waals surface area contributed by atoms with Crippen molar-refractivity contribution >= 4 is 45.7 Å². The third-order valence-electron chi connectivity index (χ3n) is 5.97. The molecule has 4 aromatic rings. The molecular formula is C28H24N4O4S2. The Morgan fingerprint density at radius 1 is 1.08 bits per heavy atom. The third-order valence-corrected chi connectivity index (χ3v) is 8.09. The highest BCUT2D eigenvalue weighted by Gasteiger charge is 2.48. The van der Waals surface area contributed by atoms with Gasteiger partial charge in [0, 0.05) is 23.7 Å². The number of aryl methyl sites for hydroxylation is 1. The maximum Gasteiger partial charge on any atom is 0.301 e. The van der Waals surface area contributed by atoms with E-state index in [1.807, 2.05) is 13.8 Å². The number of ketones is 1. The van der Waals surface area contributed by atoms with Crippen molar-refractivity contribution in [2.24, 2.45) is 0 Å². The highest BCUT2D eigenvalue weighted by Crippen LogP contribution is 2.44. The number of pyridine rings is 1. The van der Waals surface area contributed by atoms with Crippen LogP contribution in [0.4, 0.5) is 5.13 Å². The van der Waals surface area contributed by atoms with Crippen LogP contribution in [0.1, 0.15) is 35.2 Å². The van der Waals surface area contributed by atoms with E-state index in [1.54, 1.807) is 36.4 Å². The van der Waals surface area contributed by atoms with Gasteiger partial charge in [-0.15, -0.1) is 10.2 Å². The number of Topliss-reactive ketones (excluding diaryl/α,β-unsaturated/α-hetero) is 1. The van der Waals surface area contributed by atoms with Crippen LogP contribution in [0.5, 0.6) is 5.75 Å². The summed E-state index contributed by atoms with van der Waals surface area (Å²) >= 11 is 2.73. The summed E-state index contributed by atoms with van der Waals surface area (Å²) in [5, 5.41) is 20.0. The Balaban J connectivity index is 1.54. The molecular weight excluding hydrogens is 520 g/mol. The fraction of sp³-hybridized carbons (Fsp3) is 0.179. The summed E-state index contributed by atoms with van der Waals surface area (Å²) in [7, 11) is 0. The Kier molecular flexibility index (Phi) is 7.52. The number of carbonyl (C=O) groups excluding carboxylic acids is 2. The van der Waals surface area contributed by atoms with Crippen LogP contribution < -0.4 is 9.64 Å². The van der Waals surface area contributed by atoms with Crippen molar-refractivity contribution in [1.29, 1.82) is 0 Å². The number of ether oxygens (including phenoxy) is 1. The number of amides is 1. The zero-order valence-electron chi connectivity index (χ0n) is 20.7. The summed E-state index contributed by atoms with van der Waals surface area (Å²) in [5.41, 5.74) is 3.29. The number of benzene rings is 2. The lowest BCUT2D eigenvalue weighted by molar-refractivity contribution is -0.132. The Bertz CT molecular complexity index is 1500. The average Bonchev–Trinajstić information content (AvgIpc) is 3.51. The molecule has 8 nitrogen and oxygen atoms in total. The molecule has 1 amide bonds. The minimum absolute atomic E-state index is 0.0288. The van der Waals surface area contributed by atoms with Gasteiger partial charge < -0.3 is 9.84 Å². The smallest absolute Gasteiger partial charge is 0.301 e. The molecule has 1 N–H and O–H groups in total. The largest absolute Gasteiger partial charge is 0.507 e. The first-order valence-electron chi connectivity index (χ1n) is 11.9. The van der Waals surface area contributed by atoms with Gasteiger partial charge in [0.05, 0.1) is 18.2 Å². The zero-order valence-corrected chi connectivity index (χ0v) is 22.3. The summed E-state index contributed by atoms with van der Waals surface area (Å²) < 4.78 is 6.33.